The number of nitrogens with zero attached hydrogens (tertiary/aromatic N) is 1. The molecule has 11 unspecified atom stereocenters. The summed E-state index contributed by atoms with van der Waals surface area (Å²) in [6.07, 6.45) is -7.90. The van der Waals surface area contributed by atoms with Crippen LogP contribution in [-0.4, -0.2) is 110 Å². The van der Waals surface area contributed by atoms with Crippen LogP contribution in [0.3, 0.4) is 0 Å². The van der Waals surface area contributed by atoms with Crippen molar-refractivity contribution in [3.8, 4) is 0 Å². The van der Waals surface area contributed by atoms with Crippen LogP contribution in [0.2, 0.25) is 0 Å². The van der Waals surface area contributed by atoms with E-state index in [1.54, 1.807) is 74.5 Å². The second-order valence-corrected chi connectivity index (χ2v) is 17.2. The van der Waals surface area contributed by atoms with Crippen molar-refractivity contribution < 1.29 is 67.8 Å². The van der Waals surface area contributed by atoms with E-state index in [1.165, 1.54) is 38.4 Å². The quantitative estimate of drug-likeness (QED) is 0.130. The Morgan fingerprint density at radius 2 is 1.50 bits per heavy atom. The van der Waals surface area contributed by atoms with Gasteiger partial charge in [0.05, 0.1) is 35.6 Å². The van der Waals surface area contributed by atoms with Gasteiger partial charge in [0.15, 0.2) is 23.6 Å². The minimum Gasteiger partial charge on any atom is -0.456 e. The number of ether oxygens (including phenoxy) is 5. The predicted molar refractivity (Wildman–Crippen MR) is 215 cm³/mol. The molecule has 16 heteroatoms. The number of amides is 1. The number of aliphatic hydroxyl groups is 3. The summed E-state index contributed by atoms with van der Waals surface area (Å²) in [5.74, 6) is -6.93. The molecule has 328 valence electrons. The molecule has 62 heavy (non-hydrogen) atoms. The van der Waals surface area contributed by atoms with Gasteiger partial charge in [0.2, 0.25) is 0 Å². The lowest BCUT2D eigenvalue weighted by atomic mass is 9.44. The van der Waals surface area contributed by atoms with Crippen molar-refractivity contribution in [2.75, 3.05) is 6.61 Å². The van der Waals surface area contributed by atoms with E-state index in [1.807, 2.05) is 0 Å². The summed E-state index contributed by atoms with van der Waals surface area (Å²) in [5, 5.41) is 40.2. The number of carbonyl (C=O) groups is 6. The third-order valence-corrected chi connectivity index (χ3v) is 13.4. The van der Waals surface area contributed by atoms with Crippen LogP contribution in [-0.2, 0) is 42.9 Å². The van der Waals surface area contributed by atoms with Gasteiger partial charge in [-0.1, -0.05) is 62.4 Å². The van der Waals surface area contributed by atoms with Crippen LogP contribution in [0.5, 0.6) is 0 Å². The molecule has 4 N–H and O–H groups in total. The average molecular weight is 855 g/mol. The number of benzene rings is 2. The van der Waals surface area contributed by atoms with Gasteiger partial charge in [-0.25, -0.2) is 9.59 Å². The first kappa shape index (κ1) is 44.3. The van der Waals surface area contributed by atoms with Crippen molar-refractivity contribution in [3.63, 3.8) is 0 Å². The van der Waals surface area contributed by atoms with Crippen LogP contribution in [0.25, 0.3) is 0 Å². The van der Waals surface area contributed by atoms with Crippen molar-refractivity contribution in [2.45, 2.75) is 108 Å². The Morgan fingerprint density at radius 1 is 0.871 bits per heavy atom. The fraction of sp³-hybridized carbons (Fsp3) is 0.457. The van der Waals surface area contributed by atoms with Gasteiger partial charge < -0.3 is 44.3 Å². The number of carbonyl (C=O) groups excluding carboxylic acids is 6. The number of hydrogen-bond acceptors (Lipinski definition) is 15. The lowest BCUT2D eigenvalue weighted by molar-refractivity contribution is -0.346. The summed E-state index contributed by atoms with van der Waals surface area (Å²) in [4.78, 5) is 87.4. The van der Waals surface area contributed by atoms with E-state index < -0.39 is 113 Å². The molecular formula is C46H50N2O14. The van der Waals surface area contributed by atoms with Gasteiger partial charge in [-0.3, -0.25) is 24.2 Å². The Hall–Kier alpha value is -5.81. The second kappa shape index (κ2) is 16.5. The van der Waals surface area contributed by atoms with Gasteiger partial charge >= 0.3 is 23.9 Å². The minimum absolute atomic E-state index is 0.00643. The number of esters is 4. The molecule has 0 radical (unpaired) electrons. The summed E-state index contributed by atoms with van der Waals surface area (Å²) in [6.45, 7) is 7.92. The molecule has 2 bridgehead atoms. The highest BCUT2D eigenvalue weighted by Crippen LogP contribution is 2.64. The molecule has 0 spiro atoms. The topological polar surface area (TPSA) is 234 Å². The third-order valence-electron chi connectivity index (χ3n) is 13.4. The maximum atomic E-state index is 15.5. The van der Waals surface area contributed by atoms with Gasteiger partial charge in [0.1, 0.15) is 23.9 Å². The highest BCUT2D eigenvalue weighted by Gasteiger charge is 2.78. The van der Waals surface area contributed by atoms with Crippen molar-refractivity contribution in [3.05, 3.63) is 113 Å². The molecule has 3 fully saturated rings. The first-order chi connectivity index (χ1) is 29.3. The summed E-state index contributed by atoms with van der Waals surface area (Å²) < 4.78 is 30.2. The number of Topliss-reactive ketones (excluding diaryl/α,β-unsaturated/α-hetero) is 1. The lowest BCUT2D eigenvalue weighted by Gasteiger charge is -2.67. The molecule has 1 amide bonds. The van der Waals surface area contributed by atoms with Crippen molar-refractivity contribution in [2.24, 2.45) is 16.7 Å². The Labute approximate surface area is 357 Å². The zero-order valence-corrected chi connectivity index (χ0v) is 35.1. The van der Waals surface area contributed by atoms with E-state index in [-0.39, 0.29) is 35.3 Å². The summed E-state index contributed by atoms with van der Waals surface area (Å²) in [6, 6.07) is 17.8. The number of fused-ring (bicyclic) bond motifs is 5. The van der Waals surface area contributed by atoms with Crippen LogP contribution in [0.15, 0.2) is 96.3 Å². The van der Waals surface area contributed by atoms with E-state index in [2.05, 4.69) is 10.3 Å². The number of ketones is 1. The Balaban J connectivity index is 1.39. The van der Waals surface area contributed by atoms with E-state index >= 15 is 4.79 Å². The fourth-order valence-corrected chi connectivity index (χ4v) is 10.1. The molecule has 1 aliphatic heterocycles. The molecule has 11 atom stereocenters. The molecule has 4 aliphatic rings. The Morgan fingerprint density at radius 3 is 2.08 bits per heavy atom. The zero-order chi connectivity index (χ0) is 44.9. The van der Waals surface area contributed by atoms with Crippen LogP contribution in [0, 0.1) is 16.7 Å². The second-order valence-electron chi connectivity index (χ2n) is 17.2. The Bertz CT molecular complexity index is 2290. The first-order valence-corrected chi connectivity index (χ1v) is 20.3. The van der Waals surface area contributed by atoms with E-state index in [0.717, 1.165) is 13.8 Å². The molecule has 2 aromatic carbocycles. The third kappa shape index (κ3) is 7.27. The molecular weight excluding hydrogens is 805 g/mol. The highest BCUT2D eigenvalue weighted by atomic mass is 16.6. The zero-order valence-electron chi connectivity index (χ0n) is 35.1. The number of aliphatic hydroxyl groups excluding tert-OH is 2. The van der Waals surface area contributed by atoms with Crippen molar-refractivity contribution in [1.82, 2.24) is 10.3 Å². The van der Waals surface area contributed by atoms with E-state index in [9.17, 15) is 39.3 Å². The van der Waals surface area contributed by atoms with Crippen LogP contribution in [0.1, 0.15) is 86.7 Å². The molecule has 1 saturated heterocycles. The van der Waals surface area contributed by atoms with Gasteiger partial charge in [-0.2, -0.15) is 0 Å². The largest absolute Gasteiger partial charge is 0.456 e. The number of rotatable bonds is 10. The van der Waals surface area contributed by atoms with Crippen molar-refractivity contribution >= 4 is 35.6 Å². The highest BCUT2D eigenvalue weighted by molar-refractivity contribution is 5.96. The first-order valence-electron chi connectivity index (χ1n) is 20.3. The SMILES string of the molecule is CC(=O)OC1C(=O)C2(C)C(O)CC3OCC3(OC(C)=O)C2C(OC(=O)c2ccncc2)C2(O)CC(OC(=O)C(O)C(NC(=O)c3ccccc3)c3ccccc3)C(C)=C1C2(C)C. The van der Waals surface area contributed by atoms with Crippen LogP contribution in [0.4, 0.5) is 0 Å². The summed E-state index contributed by atoms with van der Waals surface area (Å²) in [7, 11) is 0. The number of nitrogens with one attached hydrogen (secondary N) is 1. The van der Waals surface area contributed by atoms with Gasteiger partial charge in [-0.05, 0) is 54.8 Å². The standard InChI is InChI=1S/C46H50N2O14/c1-24-30(60-42(56)35(52)34(27-13-9-7-10-14-27)48-40(54)28-15-11-8-12-16-28)22-46(57)39(61-41(55)29-17-19-47-20-18-29)37-44(6,31(51)21-32-45(37,23-58-32)62-26(3)50)38(53)36(59-25(2)49)33(24)43(46,4)5/h7-20,30-32,34-37,39,51-52,57H,21-23H2,1-6H3,(H,48,54). The maximum absolute atomic E-state index is 15.5. The number of hydrogen-bond donors (Lipinski definition) is 4. The van der Waals surface area contributed by atoms with Gasteiger partial charge in [0, 0.05) is 50.1 Å². The van der Waals surface area contributed by atoms with E-state index in [0.29, 0.717) is 5.56 Å². The minimum atomic E-state index is -2.41. The molecule has 2 heterocycles. The molecule has 7 rings (SSSR count). The molecule has 3 aromatic rings. The monoisotopic (exact) mass is 854 g/mol. The fourth-order valence-electron chi connectivity index (χ4n) is 10.1. The average Bonchev–Trinajstić information content (AvgIpc) is 3.24. The molecule has 16 nitrogen and oxygen atoms in total. The molecule has 3 aliphatic carbocycles. The Kier molecular flexibility index (Phi) is 11.8. The smallest absolute Gasteiger partial charge is 0.338 e. The van der Waals surface area contributed by atoms with Gasteiger partial charge in [-0.15, -0.1) is 0 Å². The summed E-state index contributed by atoms with van der Waals surface area (Å²) >= 11 is 0. The predicted octanol–water partition coefficient (Wildman–Crippen LogP) is 3.13. The van der Waals surface area contributed by atoms with Crippen LogP contribution < -0.4 is 5.32 Å². The maximum Gasteiger partial charge on any atom is 0.338 e. The number of pyridine rings is 1. The molecule has 1 aromatic heterocycles. The molecule has 2 saturated carbocycles. The van der Waals surface area contributed by atoms with Gasteiger partial charge in [0.25, 0.3) is 5.91 Å². The van der Waals surface area contributed by atoms with Crippen molar-refractivity contribution in [1.29, 1.82) is 0 Å². The summed E-state index contributed by atoms with van der Waals surface area (Å²) in [5.41, 5.74) is -7.16. The lowest BCUT2D eigenvalue weighted by Crippen LogP contribution is -2.82. The normalized spacial score (nSPS) is 31.9. The van der Waals surface area contributed by atoms with Crippen LogP contribution >= 0.6 is 0 Å². The van der Waals surface area contributed by atoms with E-state index in [4.69, 9.17) is 23.7 Å². The number of aromatic nitrogens is 1.